The van der Waals surface area contributed by atoms with Gasteiger partial charge in [-0.1, -0.05) is 30.3 Å². The van der Waals surface area contributed by atoms with Crippen molar-refractivity contribution < 1.29 is 27.4 Å². The number of halogens is 3. The first-order valence-corrected chi connectivity index (χ1v) is 10.5. The highest BCUT2D eigenvalue weighted by atomic mass is 19.4. The summed E-state index contributed by atoms with van der Waals surface area (Å²) < 4.78 is 48.2. The molecule has 1 aromatic heterocycles. The molecule has 1 saturated heterocycles. The largest absolute Gasteiger partial charge is 0.490 e. The smallest absolute Gasteiger partial charge is 0.440 e. The van der Waals surface area contributed by atoms with Gasteiger partial charge in [-0.25, -0.2) is 9.78 Å². The van der Waals surface area contributed by atoms with Gasteiger partial charge in [-0.3, -0.25) is 5.32 Å². The molecule has 1 fully saturated rings. The third-order valence-corrected chi connectivity index (χ3v) is 5.61. The molecule has 0 bridgehead atoms. The predicted octanol–water partition coefficient (Wildman–Crippen LogP) is 4.57. The number of aromatic nitrogens is 2. The average molecular weight is 447 g/mol. The molecular weight excluding hydrogens is 423 g/mol. The minimum absolute atomic E-state index is 0.140. The molecule has 2 N–H and O–H groups in total. The van der Waals surface area contributed by atoms with Crippen LogP contribution in [0, 0.1) is 5.92 Å². The number of ether oxygens (including phenoxy) is 2. The summed E-state index contributed by atoms with van der Waals surface area (Å²) in [4.78, 5) is 18.7. The summed E-state index contributed by atoms with van der Waals surface area (Å²) in [7, 11) is 0. The standard InChI is InChI=1S/C23H24F3N3O3/c24-23(25,26)22(30)32-21(11-15-7-9-31-10-8-15)27-13-16-1-3-17(4-2-16)18-5-6-19-20(12-18)29-14-28-19/h1-6,12,14-15,21,27H,7-11,13H2,(H,28,29). The molecule has 6 nitrogen and oxygen atoms in total. The van der Waals surface area contributed by atoms with Gasteiger partial charge >= 0.3 is 12.1 Å². The minimum atomic E-state index is -5.02. The number of H-pyrrole nitrogens is 1. The van der Waals surface area contributed by atoms with Gasteiger partial charge in [0.05, 0.1) is 17.4 Å². The topological polar surface area (TPSA) is 76.2 Å². The van der Waals surface area contributed by atoms with Crippen LogP contribution in [0.25, 0.3) is 22.2 Å². The van der Waals surface area contributed by atoms with Gasteiger partial charge < -0.3 is 14.5 Å². The average Bonchev–Trinajstić information content (AvgIpc) is 3.26. The Labute approximate surface area is 183 Å². The molecule has 0 radical (unpaired) electrons. The number of carbonyl (C=O) groups is 1. The fourth-order valence-electron chi connectivity index (χ4n) is 3.81. The lowest BCUT2D eigenvalue weighted by Crippen LogP contribution is -2.40. The summed E-state index contributed by atoms with van der Waals surface area (Å²) >= 11 is 0. The summed E-state index contributed by atoms with van der Waals surface area (Å²) in [6.45, 7) is 1.41. The number of nitrogens with one attached hydrogen (secondary N) is 2. The van der Waals surface area contributed by atoms with Crippen molar-refractivity contribution in [3.05, 3.63) is 54.4 Å². The second-order valence-electron chi connectivity index (χ2n) is 7.90. The molecule has 3 aromatic rings. The lowest BCUT2D eigenvalue weighted by atomic mass is 9.95. The number of imidazole rings is 1. The summed E-state index contributed by atoms with van der Waals surface area (Å²) in [5.41, 5.74) is 4.71. The Morgan fingerprint density at radius 2 is 1.88 bits per heavy atom. The minimum Gasteiger partial charge on any atom is -0.440 e. The van der Waals surface area contributed by atoms with E-state index in [-0.39, 0.29) is 12.5 Å². The molecule has 2 heterocycles. The van der Waals surface area contributed by atoms with E-state index < -0.39 is 18.4 Å². The van der Waals surface area contributed by atoms with Crippen molar-refractivity contribution in [2.24, 2.45) is 5.92 Å². The molecule has 0 spiro atoms. The molecule has 170 valence electrons. The van der Waals surface area contributed by atoms with Crippen LogP contribution in [-0.2, 0) is 20.8 Å². The Bertz CT molecular complexity index is 1040. The quantitative estimate of drug-likeness (QED) is 0.410. The molecule has 1 unspecified atom stereocenters. The molecular formula is C23H24F3N3O3. The Morgan fingerprint density at radius 3 is 2.59 bits per heavy atom. The fourth-order valence-corrected chi connectivity index (χ4v) is 3.81. The van der Waals surface area contributed by atoms with E-state index in [1.54, 1.807) is 6.33 Å². The van der Waals surface area contributed by atoms with E-state index in [9.17, 15) is 18.0 Å². The molecule has 9 heteroatoms. The van der Waals surface area contributed by atoms with Crippen molar-refractivity contribution in [2.75, 3.05) is 13.2 Å². The molecule has 2 aromatic carbocycles. The van der Waals surface area contributed by atoms with Crippen LogP contribution in [0.2, 0.25) is 0 Å². The maximum Gasteiger partial charge on any atom is 0.490 e. The number of nitrogens with zero attached hydrogens (tertiary/aromatic N) is 1. The third-order valence-electron chi connectivity index (χ3n) is 5.61. The first kappa shape index (κ1) is 22.3. The maximum atomic E-state index is 12.7. The predicted molar refractivity (Wildman–Crippen MR) is 112 cm³/mol. The van der Waals surface area contributed by atoms with E-state index in [4.69, 9.17) is 9.47 Å². The van der Waals surface area contributed by atoms with Crippen LogP contribution < -0.4 is 5.32 Å². The Balaban J connectivity index is 1.40. The van der Waals surface area contributed by atoms with Crippen LogP contribution in [0.1, 0.15) is 24.8 Å². The fraction of sp³-hybridized carbons (Fsp3) is 0.391. The zero-order chi connectivity index (χ0) is 22.6. The summed E-state index contributed by atoms with van der Waals surface area (Å²) in [6.07, 6.45) is -2.62. The number of hydrogen-bond donors (Lipinski definition) is 2. The Morgan fingerprint density at radius 1 is 1.16 bits per heavy atom. The number of esters is 1. The van der Waals surface area contributed by atoms with Gasteiger partial charge in [0.15, 0.2) is 6.23 Å². The van der Waals surface area contributed by atoms with Crippen molar-refractivity contribution in [3.8, 4) is 11.1 Å². The SMILES string of the molecule is O=C(OC(CC1CCOCC1)NCc1ccc(-c2ccc3[nH]cnc3c2)cc1)C(F)(F)F. The Kier molecular flexibility index (Phi) is 6.76. The van der Waals surface area contributed by atoms with Crippen LogP contribution >= 0.6 is 0 Å². The number of alkyl halides is 3. The van der Waals surface area contributed by atoms with E-state index in [0.717, 1.165) is 40.6 Å². The van der Waals surface area contributed by atoms with Gasteiger partial charge in [0.2, 0.25) is 0 Å². The molecule has 0 amide bonds. The van der Waals surface area contributed by atoms with Crippen LogP contribution in [-0.4, -0.2) is 41.6 Å². The lowest BCUT2D eigenvalue weighted by molar-refractivity contribution is -0.207. The maximum absolute atomic E-state index is 12.7. The van der Waals surface area contributed by atoms with Crippen LogP contribution in [0.5, 0.6) is 0 Å². The number of benzene rings is 2. The van der Waals surface area contributed by atoms with Crippen molar-refractivity contribution in [2.45, 2.75) is 38.2 Å². The first-order chi connectivity index (χ1) is 15.4. The van der Waals surface area contributed by atoms with Crippen molar-refractivity contribution in [1.82, 2.24) is 15.3 Å². The second kappa shape index (κ2) is 9.70. The summed E-state index contributed by atoms with van der Waals surface area (Å²) in [5, 5.41) is 2.97. The number of aromatic amines is 1. The molecule has 4 rings (SSSR count). The zero-order valence-corrected chi connectivity index (χ0v) is 17.3. The number of rotatable bonds is 7. The highest BCUT2D eigenvalue weighted by Gasteiger charge is 2.42. The van der Waals surface area contributed by atoms with Gasteiger partial charge in [0, 0.05) is 26.2 Å². The molecule has 0 saturated carbocycles. The molecule has 32 heavy (non-hydrogen) atoms. The Hall–Kier alpha value is -2.91. The van der Waals surface area contributed by atoms with E-state index in [1.807, 2.05) is 42.5 Å². The van der Waals surface area contributed by atoms with Gasteiger partial charge in [-0.2, -0.15) is 13.2 Å². The summed E-state index contributed by atoms with van der Waals surface area (Å²) in [6, 6.07) is 13.6. The first-order valence-electron chi connectivity index (χ1n) is 10.5. The van der Waals surface area contributed by atoms with Crippen LogP contribution in [0.15, 0.2) is 48.8 Å². The zero-order valence-electron chi connectivity index (χ0n) is 17.3. The van der Waals surface area contributed by atoms with Crippen molar-refractivity contribution in [3.63, 3.8) is 0 Å². The number of fused-ring (bicyclic) bond motifs is 1. The monoisotopic (exact) mass is 447 g/mol. The van der Waals surface area contributed by atoms with Gasteiger partial charge in [-0.15, -0.1) is 0 Å². The van der Waals surface area contributed by atoms with Gasteiger partial charge in [0.25, 0.3) is 0 Å². The highest BCUT2D eigenvalue weighted by Crippen LogP contribution is 2.25. The number of hydrogen-bond acceptors (Lipinski definition) is 5. The molecule has 1 aliphatic rings. The van der Waals surface area contributed by atoms with Crippen LogP contribution in [0.4, 0.5) is 13.2 Å². The van der Waals surface area contributed by atoms with Crippen LogP contribution in [0.3, 0.4) is 0 Å². The van der Waals surface area contributed by atoms with E-state index in [2.05, 4.69) is 15.3 Å². The van der Waals surface area contributed by atoms with E-state index in [0.29, 0.717) is 19.6 Å². The van der Waals surface area contributed by atoms with Gasteiger partial charge in [0.1, 0.15) is 0 Å². The highest BCUT2D eigenvalue weighted by molar-refractivity contribution is 5.81. The van der Waals surface area contributed by atoms with Crippen molar-refractivity contribution >= 4 is 17.0 Å². The lowest BCUT2D eigenvalue weighted by Gasteiger charge is -2.27. The molecule has 1 aliphatic heterocycles. The van der Waals surface area contributed by atoms with E-state index >= 15 is 0 Å². The van der Waals surface area contributed by atoms with Crippen molar-refractivity contribution in [1.29, 1.82) is 0 Å². The van der Waals surface area contributed by atoms with E-state index in [1.165, 1.54) is 0 Å². The number of carbonyl (C=O) groups excluding carboxylic acids is 1. The normalized spacial score (nSPS) is 16.2. The second-order valence-corrected chi connectivity index (χ2v) is 7.90. The van der Waals surface area contributed by atoms with Gasteiger partial charge in [-0.05, 0) is 47.6 Å². The summed E-state index contributed by atoms with van der Waals surface area (Å²) in [5.74, 6) is -2.03. The molecule has 1 atom stereocenters. The third kappa shape index (κ3) is 5.66. The molecule has 0 aliphatic carbocycles.